The lowest BCUT2D eigenvalue weighted by molar-refractivity contribution is 0.133. The second-order valence-corrected chi connectivity index (χ2v) is 5.85. The number of nitrogens with two attached hydrogens (primary N) is 1. The minimum Gasteiger partial charge on any atom is -0.335 e. The molecule has 0 bridgehead atoms. The normalized spacial score (nSPS) is 27.9. The Kier molecular flexibility index (Phi) is 2.75. The molecule has 5 heteroatoms. The number of nitrogens with one attached hydrogen (secondary N) is 1. The molecule has 1 aliphatic heterocycles. The summed E-state index contributed by atoms with van der Waals surface area (Å²) >= 11 is 0. The average Bonchev–Trinajstić information content (AvgIpc) is 3.20. The molecule has 3 rings (SSSR count). The van der Waals surface area contributed by atoms with Gasteiger partial charge in [0, 0.05) is 44.3 Å². The maximum absolute atomic E-state index is 11.8. The molecule has 0 atom stereocenters. The van der Waals surface area contributed by atoms with E-state index in [2.05, 4.69) is 10.2 Å². The van der Waals surface area contributed by atoms with E-state index in [0.29, 0.717) is 6.04 Å². The molecule has 3 aliphatic rings. The minimum absolute atomic E-state index is 0.0957. The summed E-state index contributed by atoms with van der Waals surface area (Å²) in [4.78, 5) is 16.2. The summed E-state index contributed by atoms with van der Waals surface area (Å²) in [6.07, 6.45) is 4.63. The van der Waals surface area contributed by atoms with Gasteiger partial charge in [-0.2, -0.15) is 0 Å². The highest BCUT2D eigenvalue weighted by Crippen LogP contribution is 2.33. The quantitative estimate of drug-likeness (QED) is 0.725. The topological polar surface area (TPSA) is 61.6 Å². The molecule has 5 nitrogen and oxygen atoms in total. The van der Waals surface area contributed by atoms with Gasteiger partial charge in [0.15, 0.2) is 0 Å². The third-order valence-electron chi connectivity index (χ3n) is 4.00. The van der Waals surface area contributed by atoms with Crippen LogP contribution in [0.3, 0.4) is 0 Å². The van der Waals surface area contributed by atoms with E-state index in [0.717, 1.165) is 58.4 Å². The molecule has 0 aromatic rings. The number of carbonyl (C=O) groups is 1. The van der Waals surface area contributed by atoms with Gasteiger partial charge >= 0.3 is 6.03 Å². The molecule has 2 amide bonds. The van der Waals surface area contributed by atoms with Gasteiger partial charge in [0.2, 0.25) is 0 Å². The second kappa shape index (κ2) is 4.14. The predicted molar refractivity (Wildman–Crippen MR) is 65.7 cm³/mol. The molecule has 96 valence electrons. The lowest BCUT2D eigenvalue weighted by atomic mass is 10.2. The van der Waals surface area contributed by atoms with E-state index in [1.54, 1.807) is 0 Å². The molecule has 3 fully saturated rings. The van der Waals surface area contributed by atoms with Crippen molar-refractivity contribution in [3.8, 4) is 0 Å². The van der Waals surface area contributed by atoms with Crippen LogP contribution in [0.4, 0.5) is 4.79 Å². The van der Waals surface area contributed by atoms with Crippen LogP contribution in [0.5, 0.6) is 0 Å². The summed E-state index contributed by atoms with van der Waals surface area (Å²) in [6, 6.07) is 0.584. The predicted octanol–water partition coefficient (Wildman–Crippen LogP) is -0.0327. The minimum atomic E-state index is 0.0957. The Bertz CT molecular complexity index is 304. The molecule has 0 unspecified atom stereocenters. The Morgan fingerprint density at radius 2 is 1.88 bits per heavy atom. The SMILES string of the molecule is NC1(CN2CCN(C(=O)NC3CC3)CC2)CC1. The van der Waals surface area contributed by atoms with E-state index in [1.165, 1.54) is 0 Å². The van der Waals surface area contributed by atoms with Crippen LogP contribution in [0.1, 0.15) is 25.7 Å². The first-order valence-electron chi connectivity index (χ1n) is 6.71. The summed E-state index contributed by atoms with van der Waals surface area (Å²) in [6.45, 7) is 4.63. The van der Waals surface area contributed by atoms with Crippen LogP contribution in [-0.2, 0) is 0 Å². The molecule has 1 saturated heterocycles. The van der Waals surface area contributed by atoms with Gasteiger partial charge in [-0.3, -0.25) is 4.90 Å². The zero-order valence-electron chi connectivity index (χ0n) is 10.3. The standard InChI is InChI=1S/C12H22N4O/c13-12(3-4-12)9-15-5-7-16(8-6-15)11(17)14-10-1-2-10/h10H,1-9,13H2,(H,14,17). The van der Waals surface area contributed by atoms with Crippen molar-refractivity contribution < 1.29 is 4.79 Å². The molecule has 1 heterocycles. The highest BCUT2D eigenvalue weighted by molar-refractivity contribution is 5.75. The van der Waals surface area contributed by atoms with Crippen LogP contribution in [0.15, 0.2) is 0 Å². The number of hydrogen-bond acceptors (Lipinski definition) is 3. The number of nitrogens with zero attached hydrogens (tertiary/aromatic N) is 2. The van der Waals surface area contributed by atoms with Crippen molar-refractivity contribution >= 4 is 6.03 Å². The fourth-order valence-electron chi connectivity index (χ4n) is 2.37. The van der Waals surface area contributed by atoms with Crippen LogP contribution in [0.25, 0.3) is 0 Å². The van der Waals surface area contributed by atoms with Crippen LogP contribution in [0.2, 0.25) is 0 Å². The zero-order valence-corrected chi connectivity index (χ0v) is 10.3. The maximum atomic E-state index is 11.8. The number of piperazine rings is 1. The molecule has 0 aromatic carbocycles. The first kappa shape index (κ1) is 11.3. The molecule has 3 N–H and O–H groups in total. The van der Waals surface area contributed by atoms with E-state index in [-0.39, 0.29) is 11.6 Å². The maximum Gasteiger partial charge on any atom is 0.317 e. The first-order valence-corrected chi connectivity index (χ1v) is 6.71. The largest absolute Gasteiger partial charge is 0.335 e. The van der Waals surface area contributed by atoms with Crippen LogP contribution in [-0.4, -0.2) is 60.1 Å². The van der Waals surface area contributed by atoms with Crippen molar-refractivity contribution in [1.82, 2.24) is 15.1 Å². The summed E-state index contributed by atoms with van der Waals surface area (Å²) in [5.41, 5.74) is 6.21. The summed E-state index contributed by atoms with van der Waals surface area (Å²) in [5.74, 6) is 0. The summed E-state index contributed by atoms with van der Waals surface area (Å²) < 4.78 is 0. The van der Waals surface area contributed by atoms with Gasteiger partial charge in [-0.15, -0.1) is 0 Å². The molecule has 2 aliphatic carbocycles. The Labute approximate surface area is 102 Å². The van der Waals surface area contributed by atoms with Gasteiger partial charge in [0.25, 0.3) is 0 Å². The Morgan fingerprint density at radius 3 is 2.41 bits per heavy atom. The molecule has 0 aromatic heterocycles. The average molecular weight is 238 g/mol. The van der Waals surface area contributed by atoms with E-state index in [9.17, 15) is 4.79 Å². The first-order chi connectivity index (χ1) is 8.15. The summed E-state index contributed by atoms with van der Waals surface area (Å²) in [7, 11) is 0. The highest BCUT2D eigenvalue weighted by atomic mass is 16.2. The van der Waals surface area contributed by atoms with Crippen LogP contribution in [0, 0.1) is 0 Å². The van der Waals surface area contributed by atoms with Gasteiger partial charge in [0.05, 0.1) is 0 Å². The molecule has 0 spiro atoms. The molecule has 0 radical (unpaired) electrons. The summed E-state index contributed by atoms with van der Waals surface area (Å²) in [5, 5.41) is 3.04. The van der Waals surface area contributed by atoms with Crippen molar-refractivity contribution in [3.63, 3.8) is 0 Å². The van der Waals surface area contributed by atoms with Crippen LogP contribution >= 0.6 is 0 Å². The molecule has 17 heavy (non-hydrogen) atoms. The van der Waals surface area contributed by atoms with Gasteiger partial charge in [-0.05, 0) is 25.7 Å². The number of hydrogen-bond donors (Lipinski definition) is 2. The van der Waals surface area contributed by atoms with Crippen molar-refractivity contribution in [2.45, 2.75) is 37.3 Å². The third-order valence-corrected chi connectivity index (χ3v) is 4.00. The zero-order chi connectivity index (χ0) is 11.9. The third kappa shape index (κ3) is 2.90. The lowest BCUT2D eigenvalue weighted by Gasteiger charge is -2.35. The van der Waals surface area contributed by atoms with E-state index < -0.39 is 0 Å². The van der Waals surface area contributed by atoms with Crippen molar-refractivity contribution in [1.29, 1.82) is 0 Å². The van der Waals surface area contributed by atoms with E-state index in [4.69, 9.17) is 5.73 Å². The van der Waals surface area contributed by atoms with Crippen molar-refractivity contribution in [3.05, 3.63) is 0 Å². The van der Waals surface area contributed by atoms with Crippen LogP contribution < -0.4 is 11.1 Å². The number of amides is 2. The molecule has 2 saturated carbocycles. The van der Waals surface area contributed by atoms with Gasteiger partial charge in [-0.25, -0.2) is 4.79 Å². The lowest BCUT2D eigenvalue weighted by Crippen LogP contribution is -2.54. The Morgan fingerprint density at radius 1 is 1.24 bits per heavy atom. The molecular formula is C12H22N4O. The monoisotopic (exact) mass is 238 g/mol. The highest BCUT2D eigenvalue weighted by Gasteiger charge is 2.40. The van der Waals surface area contributed by atoms with Gasteiger partial charge in [-0.1, -0.05) is 0 Å². The Hall–Kier alpha value is -0.810. The smallest absolute Gasteiger partial charge is 0.317 e. The van der Waals surface area contributed by atoms with E-state index >= 15 is 0 Å². The number of rotatable bonds is 3. The molecular weight excluding hydrogens is 216 g/mol. The number of carbonyl (C=O) groups excluding carboxylic acids is 1. The Balaban J connectivity index is 1.41. The second-order valence-electron chi connectivity index (χ2n) is 5.85. The van der Waals surface area contributed by atoms with Gasteiger partial charge < -0.3 is 16.0 Å². The van der Waals surface area contributed by atoms with Crippen molar-refractivity contribution in [2.75, 3.05) is 32.7 Å². The fraction of sp³-hybridized carbons (Fsp3) is 0.917. The fourth-order valence-corrected chi connectivity index (χ4v) is 2.37. The van der Waals surface area contributed by atoms with E-state index in [1.807, 2.05) is 4.90 Å². The van der Waals surface area contributed by atoms with Gasteiger partial charge in [0.1, 0.15) is 0 Å². The number of urea groups is 1. The van der Waals surface area contributed by atoms with Crippen molar-refractivity contribution in [2.24, 2.45) is 5.73 Å².